The van der Waals surface area contributed by atoms with E-state index in [2.05, 4.69) is 9.97 Å². The van der Waals surface area contributed by atoms with E-state index < -0.39 is 5.82 Å². The Morgan fingerprint density at radius 1 is 1.20 bits per heavy atom. The largest absolute Gasteiger partial charge is 0.399 e. The van der Waals surface area contributed by atoms with Gasteiger partial charge in [0.15, 0.2) is 0 Å². The minimum absolute atomic E-state index is 0.00569. The van der Waals surface area contributed by atoms with E-state index in [0.717, 1.165) is 0 Å². The molecule has 0 radical (unpaired) electrons. The van der Waals surface area contributed by atoms with Crippen LogP contribution in [0.4, 0.5) is 10.1 Å². The van der Waals surface area contributed by atoms with Gasteiger partial charge in [0, 0.05) is 29.2 Å². The zero-order chi connectivity index (χ0) is 10.8. The first-order chi connectivity index (χ1) is 7.18. The van der Waals surface area contributed by atoms with Crippen molar-refractivity contribution in [3.8, 4) is 11.1 Å². The second kappa shape index (κ2) is 3.82. The van der Waals surface area contributed by atoms with Crippen LogP contribution in [0.15, 0.2) is 30.9 Å². The molecule has 2 rings (SSSR count). The SMILES string of the molecule is Nc1cc(Cl)c(F)c(-c2cncnc2)c1. The molecule has 15 heavy (non-hydrogen) atoms. The molecule has 0 spiro atoms. The van der Waals surface area contributed by atoms with Crippen LogP contribution in [-0.4, -0.2) is 9.97 Å². The third-order valence-corrected chi connectivity index (χ3v) is 2.20. The monoisotopic (exact) mass is 223 g/mol. The molecule has 2 N–H and O–H groups in total. The summed E-state index contributed by atoms with van der Waals surface area (Å²) < 4.78 is 13.6. The number of rotatable bonds is 1. The predicted molar refractivity (Wildman–Crippen MR) is 56.8 cm³/mol. The summed E-state index contributed by atoms with van der Waals surface area (Å²) in [6.07, 6.45) is 4.37. The maximum atomic E-state index is 13.6. The van der Waals surface area contributed by atoms with Crippen LogP contribution in [-0.2, 0) is 0 Å². The summed E-state index contributed by atoms with van der Waals surface area (Å²) in [7, 11) is 0. The van der Waals surface area contributed by atoms with E-state index in [0.29, 0.717) is 16.8 Å². The van der Waals surface area contributed by atoms with E-state index in [4.69, 9.17) is 17.3 Å². The number of nitrogens with two attached hydrogens (primary N) is 1. The number of halogens is 2. The first-order valence-electron chi connectivity index (χ1n) is 4.18. The number of nitrogens with zero attached hydrogens (tertiary/aromatic N) is 2. The van der Waals surface area contributed by atoms with Gasteiger partial charge in [0.1, 0.15) is 12.1 Å². The van der Waals surface area contributed by atoms with Gasteiger partial charge in [0.25, 0.3) is 0 Å². The van der Waals surface area contributed by atoms with Crippen LogP contribution in [0.2, 0.25) is 5.02 Å². The molecule has 0 saturated carbocycles. The first-order valence-corrected chi connectivity index (χ1v) is 4.56. The number of hydrogen-bond donors (Lipinski definition) is 1. The van der Waals surface area contributed by atoms with Crippen LogP contribution in [0.3, 0.4) is 0 Å². The fourth-order valence-corrected chi connectivity index (χ4v) is 1.49. The molecular formula is C10H7ClFN3. The third-order valence-electron chi connectivity index (χ3n) is 1.92. The molecule has 0 amide bonds. The van der Waals surface area contributed by atoms with Gasteiger partial charge in [0.05, 0.1) is 5.02 Å². The van der Waals surface area contributed by atoms with E-state index >= 15 is 0 Å². The Morgan fingerprint density at radius 3 is 2.53 bits per heavy atom. The highest BCUT2D eigenvalue weighted by Crippen LogP contribution is 2.29. The lowest BCUT2D eigenvalue weighted by atomic mass is 10.1. The van der Waals surface area contributed by atoms with Gasteiger partial charge in [-0.15, -0.1) is 0 Å². The highest BCUT2D eigenvalue weighted by molar-refractivity contribution is 6.31. The van der Waals surface area contributed by atoms with Gasteiger partial charge < -0.3 is 5.73 Å². The Morgan fingerprint density at radius 2 is 1.87 bits per heavy atom. The van der Waals surface area contributed by atoms with Crippen molar-refractivity contribution >= 4 is 17.3 Å². The lowest BCUT2D eigenvalue weighted by Crippen LogP contribution is -1.92. The minimum atomic E-state index is -0.513. The molecule has 2 aromatic rings. The highest BCUT2D eigenvalue weighted by Gasteiger charge is 2.10. The molecule has 0 aliphatic heterocycles. The average molecular weight is 224 g/mol. The smallest absolute Gasteiger partial charge is 0.149 e. The van der Waals surface area contributed by atoms with Crippen LogP contribution in [0.5, 0.6) is 0 Å². The molecule has 0 atom stereocenters. The molecule has 0 aliphatic carbocycles. The maximum absolute atomic E-state index is 13.6. The van der Waals surface area contributed by atoms with Gasteiger partial charge in [-0.1, -0.05) is 11.6 Å². The van der Waals surface area contributed by atoms with Crippen molar-refractivity contribution in [3.05, 3.63) is 41.7 Å². The van der Waals surface area contributed by atoms with Crippen molar-refractivity contribution in [2.75, 3.05) is 5.73 Å². The predicted octanol–water partition coefficient (Wildman–Crippen LogP) is 2.52. The fraction of sp³-hybridized carbons (Fsp3) is 0. The van der Waals surface area contributed by atoms with Gasteiger partial charge in [-0.05, 0) is 12.1 Å². The molecule has 5 heteroatoms. The average Bonchev–Trinajstić information content (AvgIpc) is 2.24. The van der Waals surface area contributed by atoms with Crippen molar-refractivity contribution in [1.82, 2.24) is 9.97 Å². The molecule has 1 aromatic carbocycles. The normalized spacial score (nSPS) is 10.3. The van der Waals surface area contributed by atoms with Crippen molar-refractivity contribution in [3.63, 3.8) is 0 Å². The first kappa shape index (κ1) is 9.86. The van der Waals surface area contributed by atoms with Crippen molar-refractivity contribution in [2.24, 2.45) is 0 Å². The summed E-state index contributed by atoms with van der Waals surface area (Å²) in [5, 5.41) is -0.00569. The molecule has 76 valence electrons. The highest BCUT2D eigenvalue weighted by atomic mass is 35.5. The van der Waals surface area contributed by atoms with Crippen molar-refractivity contribution < 1.29 is 4.39 Å². The molecule has 1 heterocycles. The van der Waals surface area contributed by atoms with Gasteiger partial charge in [-0.3, -0.25) is 0 Å². The number of nitrogen functional groups attached to an aromatic ring is 1. The summed E-state index contributed by atoms with van der Waals surface area (Å²) >= 11 is 5.67. The quantitative estimate of drug-likeness (QED) is 0.756. The molecule has 0 fully saturated rings. The zero-order valence-electron chi connectivity index (χ0n) is 7.61. The van der Waals surface area contributed by atoms with Crippen LogP contribution >= 0.6 is 11.6 Å². The molecular weight excluding hydrogens is 217 g/mol. The zero-order valence-corrected chi connectivity index (χ0v) is 8.37. The summed E-state index contributed by atoms with van der Waals surface area (Å²) in [6, 6.07) is 2.87. The van der Waals surface area contributed by atoms with Gasteiger partial charge in [-0.25, -0.2) is 14.4 Å². The van der Waals surface area contributed by atoms with E-state index in [-0.39, 0.29) is 5.02 Å². The van der Waals surface area contributed by atoms with Crippen molar-refractivity contribution in [2.45, 2.75) is 0 Å². The Hall–Kier alpha value is -1.68. The number of hydrogen-bond acceptors (Lipinski definition) is 3. The van der Waals surface area contributed by atoms with E-state index in [1.165, 1.54) is 30.9 Å². The Balaban J connectivity index is 2.63. The standard InChI is InChI=1S/C10H7ClFN3/c11-9-2-7(13)1-8(10(9)12)6-3-14-5-15-4-6/h1-5H,13H2. The van der Waals surface area contributed by atoms with Gasteiger partial charge in [0.2, 0.25) is 0 Å². The Kier molecular flexibility index (Phi) is 2.51. The summed E-state index contributed by atoms with van der Waals surface area (Å²) in [6.45, 7) is 0. The van der Waals surface area contributed by atoms with Crippen LogP contribution in [0.1, 0.15) is 0 Å². The second-order valence-corrected chi connectivity index (χ2v) is 3.40. The van der Waals surface area contributed by atoms with Crippen LogP contribution < -0.4 is 5.73 Å². The van der Waals surface area contributed by atoms with Crippen molar-refractivity contribution in [1.29, 1.82) is 0 Å². The van der Waals surface area contributed by atoms with E-state index in [9.17, 15) is 4.39 Å². The molecule has 0 bridgehead atoms. The molecule has 3 nitrogen and oxygen atoms in total. The molecule has 0 saturated heterocycles. The Bertz CT molecular complexity index is 488. The molecule has 0 unspecified atom stereocenters. The van der Waals surface area contributed by atoms with Gasteiger partial charge >= 0.3 is 0 Å². The molecule has 1 aromatic heterocycles. The lowest BCUT2D eigenvalue weighted by molar-refractivity contribution is 0.632. The van der Waals surface area contributed by atoms with Crippen LogP contribution in [0.25, 0.3) is 11.1 Å². The molecule has 0 aliphatic rings. The number of anilines is 1. The van der Waals surface area contributed by atoms with Gasteiger partial charge in [-0.2, -0.15) is 0 Å². The third kappa shape index (κ3) is 1.89. The van der Waals surface area contributed by atoms with E-state index in [1.807, 2.05) is 0 Å². The second-order valence-electron chi connectivity index (χ2n) is 2.99. The summed E-state index contributed by atoms with van der Waals surface area (Å²) in [4.78, 5) is 7.60. The van der Waals surface area contributed by atoms with E-state index in [1.54, 1.807) is 0 Å². The Labute approximate surface area is 90.7 Å². The minimum Gasteiger partial charge on any atom is -0.399 e. The maximum Gasteiger partial charge on any atom is 0.149 e. The number of benzene rings is 1. The summed E-state index contributed by atoms with van der Waals surface area (Å²) in [5.41, 5.74) is 6.83. The fourth-order valence-electron chi connectivity index (χ4n) is 1.26. The number of aromatic nitrogens is 2. The topological polar surface area (TPSA) is 51.8 Å². The van der Waals surface area contributed by atoms with Crippen LogP contribution in [0, 0.1) is 5.82 Å². The lowest BCUT2D eigenvalue weighted by Gasteiger charge is -2.05. The summed E-state index contributed by atoms with van der Waals surface area (Å²) in [5.74, 6) is -0.513.